The van der Waals surface area contributed by atoms with Crippen LogP contribution in [0, 0.1) is 12.7 Å². The number of carbonyl (C=O) groups is 1. The predicted octanol–water partition coefficient (Wildman–Crippen LogP) is 4.32. The quantitative estimate of drug-likeness (QED) is 0.317. The topological polar surface area (TPSA) is 104 Å². The number of aromatic nitrogens is 3. The maximum absolute atomic E-state index is 13.4. The number of aryl methyl sites for hydroxylation is 1. The Kier molecular flexibility index (Phi) is 7.03. The monoisotopic (exact) mass is 449 g/mol. The van der Waals surface area contributed by atoms with Crippen molar-refractivity contribution >= 4 is 29.2 Å². The zero-order valence-corrected chi connectivity index (χ0v) is 16.8. The van der Waals surface area contributed by atoms with Crippen molar-refractivity contribution in [1.29, 1.82) is 0 Å². The van der Waals surface area contributed by atoms with Gasteiger partial charge in [0.1, 0.15) is 17.5 Å². The Balaban J connectivity index is 1.42. The summed E-state index contributed by atoms with van der Waals surface area (Å²) in [4.78, 5) is 16.0. The van der Waals surface area contributed by atoms with Crippen LogP contribution in [-0.2, 0) is 6.18 Å². The van der Waals surface area contributed by atoms with Gasteiger partial charge in [0, 0.05) is 25.0 Å². The highest BCUT2D eigenvalue weighted by Crippen LogP contribution is 2.31. The molecular weight excluding hydrogens is 430 g/mol. The summed E-state index contributed by atoms with van der Waals surface area (Å²) in [5.41, 5.74) is -0.464. The van der Waals surface area contributed by atoms with Crippen LogP contribution in [0.1, 0.15) is 11.1 Å². The van der Waals surface area contributed by atoms with E-state index in [9.17, 15) is 22.4 Å². The van der Waals surface area contributed by atoms with E-state index in [1.54, 1.807) is 18.3 Å². The molecule has 8 nitrogen and oxygen atoms in total. The Labute approximate surface area is 180 Å². The van der Waals surface area contributed by atoms with E-state index in [1.165, 1.54) is 0 Å². The predicted molar refractivity (Wildman–Crippen MR) is 111 cm³/mol. The summed E-state index contributed by atoms with van der Waals surface area (Å²) < 4.78 is 51.5. The molecule has 0 aliphatic carbocycles. The first-order chi connectivity index (χ1) is 15.2. The van der Waals surface area contributed by atoms with E-state index < -0.39 is 23.6 Å². The van der Waals surface area contributed by atoms with Crippen molar-refractivity contribution in [2.24, 2.45) is 0 Å². The molecule has 0 aliphatic rings. The Morgan fingerprint density at radius 2 is 1.69 bits per heavy atom. The minimum Gasteiger partial charge on any atom is -0.367 e. The van der Waals surface area contributed by atoms with Crippen LogP contribution in [0.4, 0.5) is 45.5 Å². The molecular formula is C20H19F4N7O. The molecule has 0 radical (unpaired) electrons. The highest BCUT2D eigenvalue weighted by molar-refractivity contribution is 5.89. The molecule has 32 heavy (non-hydrogen) atoms. The van der Waals surface area contributed by atoms with Gasteiger partial charge in [-0.15, -0.1) is 10.2 Å². The minimum absolute atomic E-state index is 0.127. The number of rotatable bonds is 7. The SMILES string of the molecule is Cc1ccc(Nc2ccc(NCCNC(=O)Nc3cc(F)cc(C(F)(F)F)c3)nn2)nc1. The van der Waals surface area contributed by atoms with Crippen LogP contribution in [0.15, 0.2) is 48.7 Å². The highest BCUT2D eigenvalue weighted by Gasteiger charge is 2.31. The maximum atomic E-state index is 13.4. The van der Waals surface area contributed by atoms with E-state index >= 15 is 0 Å². The molecule has 0 aliphatic heterocycles. The number of anilines is 4. The standard InChI is InChI=1S/C20H19F4N7O/c1-12-2-3-16(27-11-12)29-18-5-4-17(30-31-18)25-6-7-26-19(32)28-15-9-13(20(22,23)24)8-14(21)10-15/h2-5,8-11H,6-7H2,1H3,(H,25,30)(H2,26,28,32)(H,27,29,31). The fourth-order valence-electron chi connectivity index (χ4n) is 2.53. The van der Waals surface area contributed by atoms with Crippen LogP contribution in [0.3, 0.4) is 0 Å². The number of halogens is 4. The number of hydrogen-bond donors (Lipinski definition) is 4. The number of benzene rings is 1. The summed E-state index contributed by atoms with van der Waals surface area (Å²) in [6.07, 6.45) is -3.00. The third-order valence-corrected chi connectivity index (χ3v) is 4.03. The number of carbonyl (C=O) groups excluding carboxylic acids is 1. The van der Waals surface area contributed by atoms with Crippen molar-refractivity contribution in [3.8, 4) is 0 Å². The third-order valence-electron chi connectivity index (χ3n) is 4.03. The van der Waals surface area contributed by atoms with Crippen molar-refractivity contribution in [1.82, 2.24) is 20.5 Å². The molecule has 0 saturated carbocycles. The summed E-state index contributed by atoms with van der Waals surface area (Å²) in [7, 11) is 0. The van der Waals surface area contributed by atoms with Crippen LogP contribution >= 0.6 is 0 Å². The Morgan fingerprint density at radius 1 is 0.969 bits per heavy atom. The highest BCUT2D eigenvalue weighted by atomic mass is 19.4. The molecule has 0 atom stereocenters. The average Bonchev–Trinajstić information content (AvgIpc) is 2.73. The number of alkyl halides is 3. The summed E-state index contributed by atoms with van der Waals surface area (Å²) in [5, 5.41) is 18.6. The van der Waals surface area contributed by atoms with Crippen molar-refractivity contribution < 1.29 is 22.4 Å². The van der Waals surface area contributed by atoms with Gasteiger partial charge in [0.05, 0.1) is 5.56 Å². The van der Waals surface area contributed by atoms with Gasteiger partial charge in [-0.3, -0.25) is 0 Å². The molecule has 4 N–H and O–H groups in total. The van der Waals surface area contributed by atoms with Crippen LogP contribution in [-0.4, -0.2) is 34.3 Å². The molecule has 2 aromatic heterocycles. The molecule has 0 saturated heterocycles. The molecule has 2 amide bonds. The zero-order chi connectivity index (χ0) is 23.1. The molecule has 0 fully saturated rings. The lowest BCUT2D eigenvalue weighted by Crippen LogP contribution is -2.32. The largest absolute Gasteiger partial charge is 0.416 e. The first-order valence-corrected chi connectivity index (χ1v) is 9.39. The number of nitrogens with zero attached hydrogens (tertiary/aromatic N) is 3. The smallest absolute Gasteiger partial charge is 0.367 e. The van der Waals surface area contributed by atoms with E-state index in [1.807, 2.05) is 19.1 Å². The van der Waals surface area contributed by atoms with Crippen molar-refractivity contribution in [2.75, 3.05) is 29.0 Å². The van der Waals surface area contributed by atoms with Crippen LogP contribution in [0.25, 0.3) is 0 Å². The average molecular weight is 449 g/mol. The molecule has 168 valence electrons. The van der Waals surface area contributed by atoms with Crippen molar-refractivity contribution in [3.05, 3.63) is 65.6 Å². The number of pyridine rings is 1. The van der Waals surface area contributed by atoms with Crippen LogP contribution in [0.2, 0.25) is 0 Å². The van der Waals surface area contributed by atoms with Gasteiger partial charge in [0.25, 0.3) is 0 Å². The molecule has 1 aromatic carbocycles. The fraction of sp³-hybridized carbons (Fsp3) is 0.200. The summed E-state index contributed by atoms with van der Waals surface area (Å²) >= 11 is 0. The number of nitrogens with one attached hydrogen (secondary N) is 4. The molecule has 12 heteroatoms. The maximum Gasteiger partial charge on any atom is 0.416 e. The van der Waals surface area contributed by atoms with Crippen LogP contribution in [0.5, 0.6) is 0 Å². The molecule has 3 rings (SSSR count). The molecule has 2 heterocycles. The lowest BCUT2D eigenvalue weighted by Gasteiger charge is -2.12. The Morgan fingerprint density at radius 3 is 2.34 bits per heavy atom. The molecule has 3 aromatic rings. The Bertz CT molecular complexity index is 1060. The second-order valence-corrected chi connectivity index (χ2v) is 6.68. The van der Waals surface area contributed by atoms with Gasteiger partial charge >= 0.3 is 12.2 Å². The van der Waals surface area contributed by atoms with Crippen molar-refractivity contribution in [3.63, 3.8) is 0 Å². The van der Waals surface area contributed by atoms with Crippen molar-refractivity contribution in [2.45, 2.75) is 13.1 Å². The first kappa shape index (κ1) is 22.7. The lowest BCUT2D eigenvalue weighted by molar-refractivity contribution is -0.137. The van der Waals surface area contributed by atoms with Gasteiger partial charge in [-0.2, -0.15) is 13.2 Å². The van der Waals surface area contributed by atoms with Crippen LogP contribution < -0.4 is 21.3 Å². The van der Waals surface area contributed by atoms with Gasteiger partial charge in [-0.25, -0.2) is 14.2 Å². The van der Waals surface area contributed by atoms with Gasteiger partial charge in [-0.1, -0.05) is 6.07 Å². The Hall–Kier alpha value is -3.96. The van der Waals surface area contributed by atoms with E-state index in [-0.39, 0.29) is 18.8 Å². The van der Waals surface area contributed by atoms with Gasteiger partial charge in [-0.05, 0) is 48.9 Å². The summed E-state index contributed by atoms with van der Waals surface area (Å²) in [6.45, 7) is 2.33. The molecule has 0 bridgehead atoms. The van der Waals surface area contributed by atoms with Gasteiger partial charge in [0.15, 0.2) is 5.82 Å². The minimum atomic E-state index is -4.72. The molecule has 0 spiro atoms. The third kappa shape index (κ3) is 6.79. The number of urea groups is 1. The van der Waals surface area contributed by atoms with E-state index in [0.29, 0.717) is 29.6 Å². The number of amides is 2. The van der Waals surface area contributed by atoms with E-state index in [4.69, 9.17) is 0 Å². The first-order valence-electron chi connectivity index (χ1n) is 9.39. The fourth-order valence-corrected chi connectivity index (χ4v) is 2.53. The number of hydrogen-bond acceptors (Lipinski definition) is 6. The van der Waals surface area contributed by atoms with E-state index in [0.717, 1.165) is 11.6 Å². The van der Waals surface area contributed by atoms with E-state index in [2.05, 4.69) is 36.4 Å². The zero-order valence-electron chi connectivity index (χ0n) is 16.8. The normalized spacial score (nSPS) is 11.0. The second kappa shape index (κ2) is 9.90. The second-order valence-electron chi connectivity index (χ2n) is 6.68. The summed E-state index contributed by atoms with van der Waals surface area (Å²) in [6, 6.07) is 8.11. The lowest BCUT2D eigenvalue weighted by atomic mass is 10.2. The van der Waals surface area contributed by atoms with Gasteiger partial charge < -0.3 is 21.3 Å². The summed E-state index contributed by atoms with van der Waals surface area (Å²) in [5.74, 6) is 0.472. The van der Waals surface area contributed by atoms with Gasteiger partial charge in [0.2, 0.25) is 0 Å². The molecule has 0 unspecified atom stereocenters.